The molecule has 11 nitrogen and oxygen atoms in total. The third kappa shape index (κ3) is 9.75. The van der Waals surface area contributed by atoms with E-state index in [4.69, 9.17) is 15.4 Å². The first-order valence-corrected chi connectivity index (χ1v) is 12.4. The molecule has 2 unspecified atom stereocenters. The molecule has 0 saturated heterocycles. The minimum atomic E-state index is -4.02. The number of rotatable bonds is 8. The number of carbonyl (C=O) groups is 3. The molecule has 1 aliphatic carbocycles. The monoisotopic (exact) mass is 501 g/mol. The highest BCUT2D eigenvalue weighted by Crippen LogP contribution is 2.28. The third-order valence-electron chi connectivity index (χ3n) is 5.72. The van der Waals surface area contributed by atoms with Gasteiger partial charge in [-0.25, -0.2) is 0 Å². The summed E-state index contributed by atoms with van der Waals surface area (Å²) >= 11 is 0. The van der Waals surface area contributed by atoms with E-state index in [1.807, 2.05) is 6.92 Å². The Morgan fingerprint density at radius 1 is 1.09 bits per heavy atom. The Hall–Kier alpha value is -2.54. The molecule has 0 heterocycles. The Balaban J connectivity index is 0.000000437. The number of benzene rings is 1. The molecule has 1 fully saturated rings. The fourth-order valence-corrected chi connectivity index (χ4v) is 4.18. The van der Waals surface area contributed by atoms with Crippen LogP contribution in [0.2, 0.25) is 0 Å². The summed E-state index contributed by atoms with van der Waals surface area (Å²) in [5, 5.41) is 23.1. The lowest BCUT2D eigenvalue weighted by molar-refractivity contribution is -0.139. The minimum Gasteiger partial charge on any atom is -0.481 e. The molecule has 1 aromatic rings. The van der Waals surface area contributed by atoms with Gasteiger partial charge in [-0.2, -0.15) is 8.42 Å². The van der Waals surface area contributed by atoms with Gasteiger partial charge in [0.2, 0.25) is 11.8 Å². The van der Waals surface area contributed by atoms with E-state index in [9.17, 15) is 27.9 Å². The Morgan fingerprint density at radius 2 is 1.62 bits per heavy atom. The number of nitrogens with two attached hydrogens (primary N) is 1. The molecule has 0 aromatic heterocycles. The van der Waals surface area contributed by atoms with Crippen LogP contribution in [0.3, 0.4) is 0 Å². The van der Waals surface area contributed by atoms with Crippen LogP contribution in [-0.4, -0.2) is 65.7 Å². The average Bonchev–Trinajstić information content (AvgIpc) is 2.74. The molecule has 2 amide bonds. The summed E-state index contributed by atoms with van der Waals surface area (Å²) in [6.07, 6.45) is 2.63. The average molecular weight is 502 g/mol. The van der Waals surface area contributed by atoms with Gasteiger partial charge in [-0.3, -0.25) is 18.9 Å². The molecule has 7 N–H and O–H groups in total. The number of carboxylic acids is 1. The number of aliphatic carboxylic acids is 1. The van der Waals surface area contributed by atoms with Crippen LogP contribution in [0.1, 0.15) is 45.1 Å². The molecule has 0 radical (unpaired) electrons. The number of aliphatic hydroxyl groups excluding tert-OH is 1. The smallest absolute Gasteiger partial charge is 0.305 e. The second kappa shape index (κ2) is 13.4. The summed E-state index contributed by atoms with van der Waals surface area (Å²) in [5.41, 5.74) is 6.40. The number of hydrogen-bond acceptors (Lipinski definition) is 7. The van der Waals surface area contributed by atoms with Crippen molar-refractivity contribution in [2.75, 3.05) is 6.61 Å². The molecule has 0 bridgehead atoms. The minimum absolute atomic E-state index is 0.00473. The fourth-order valence-electron chi connectivity index (χ4n) is 3.70. The van der Waals surface area contributed by atoms with Crippen LogP contribution in [0, 0.1) is 18.8 Å². The molecule has 1 saturated carbocycles. The Bertz CT molecular complexity index is 926. The number of aliphatic hydroxyl groups is 1. The van der Waals surface area contributed by atoms with Crippen molar-refractivity contribution in [2.45, 2.75) is 69.5 Å². The summed E-state index contributed by atoms with van der Waals surface area (Å²) < 4.78 is 29.6. The summed E-state index contributed by atoms with van der Waals surface area (Å²) in [6, 6.07) is 3.59. The van der Waals surface area contributed by atoms with E-state index in [1.165, 1.54) is 12.1 Å². The molecular formula is C22H35N3O8S. The van der Waals surface area contributed by atoms with Gasteiger partial charge in [0, 0.05) is 6.04 Å². The normalized spacial score (nSPS) is 21.9. The number of aryl methyl sites for hydroxylation is 1. The van der Waals surface area contributed by atoms with Gasteiger partial charge in [0.25, 0.3) is 10.1 Å². The van der Waals surface area contributed by atoms with Gasteiger partial charge in [-0.05, 0) is 43.7 Å². The number of nitrogens with one attached hydrogen (secondary N) is 2. The predicted octanol–water partition coefficient (Wildman–Crippen LogP) is 0.448. The first-order valence-electron chi connectivity index (χ1n) is 11.0. The largest absolute Gasteiger partial charge is 0.481 e. The second-order valence-corrected chi connectivity index (χ2v) is 10.1. The van der Waals surface area contributed by atoms with Crippen LogP contribution in [-0.2, 0) is 24.5 Å². The van der Waals surface area contributed by atoms with Crippen molar-refractivity contribution in [1.82, 2.24) is 10.6 Å². The van der Waals surface area contributed by atoms with Crippen molar-refractivity contribution in [3.8, 4) is 0 Å². The molecule has 12 heteroatoms. The van der Waals surface area contributed by atoms with Crippen molar-refractivity contribution < 1.29 is 37.6 Å². The van der Waals surface area contributed by atoms with Gasteiger partial charge in [0.15, 0.2) is 0 Å². The van der Waals surface area contributed by atoms with E-state index < -0.39 is 53.0 Å². The molecule has 1 aliphatic rings. The van der Waals surface area contributed by atoms with E-state index in [0.717, 1.165) is 24.8 Å². The van der Waals surface area contributed by atoms with Gasteiger partial charge >= 0.3 is 5.97 Å². The predicted molar refractivity (Wildman–Crippen MR) is 124 cm³/mol. The Labute approximate surface area is 199 Å². The molecule has 0 aliphatic heterocycles. The maximum Gasteiger partial charge on any atom is 0.305 e. The molecule has 34 heavy (non-hydrogen) atoms. The van der Waals surface area contributed by atoms with E-state index in [2.05, 4.69) is 24.5 Å². The van der Waals surface area contributed by atoms with Crippen molar-refractivity contribution >= 4 is 27.9 Å². The van der Waals surface area contributed by atoms with Crippen LogP contribution < -0.4 is 16.4 Å². The second-order valence-electron chi connectivity index (χ2n) is 8.66. The standard InChI is InChI=1S/C15H27N3O5.C7H8O3S/c1-8-4-3-5-9(2)13(8)18-15(23)11(7-19)17-14(22)10(16)6-12(20)21;1-6-2-4-7(5-3-6)11(8,9)10/h8-11,13,19H,3-7,16H2,1-2H3,(H,17,22)(H,18,23)(H,20,21);2-5H,1H3,(H,8,9,10)/t8?,9?,10-,11+,13?;/m0./s1. The maximum absolute atomic E-state index is 12.3. The highest BCUT2D eigenvalue weighted by Gasteiger charge is 2.32. The van der Waals surface area contributed by atoms with Crippen molar-refractivity contribution in [3.05, 3.63) is 29.8 Å². The fraction of sp³-hybridized carbons (Fsp3) is 0.591. The van der Waals surface area contributed by atoms with E-state index >= 15 is 0 Å². The maximum atomic E-state index is 12.3. The quantitative estimate of drug-likeness (QED) is 0.274. The lowest BCUT2D eigenvalue weighted by atomic mass is 9.78. The molecule has 0 spiro atoms. The van der Waals surface area contributed by atoms with Crippen molar-refractivity contribution in [1.29, 1.82) is 0 Å². The Morgan fingerprint density at radius 3 is 2.06 bits per heavy atom. The topological polar surface area (TPSA) is 196 Å². The zero-order valence-electron chi connectivity index (χ0n) is 19.6. The summed E-state index contributed by atoms with van der Waals surface area (Å²) in [7, 11) is -4.02. The highest BCUT2D eigenvalue weighted by atomic mass is 32.2. The van der Waals surface area contributed by atoms with E-state index in [1.54, 1.807) is 12.1 Å². The van der Waals surface area contributed by atoms with Crippen LogP contribution in [0.4, 0.5) is 0 Å². The number of carboxylic acid groups (broad SMARTS) is 1. The van der Waals surface area contributed by atoms with E-state index in [0.29, 0.717) is 11.8 Å². The number of carbonyl (C=O) groups excluding carboxylic acids is 2. The Kier molecular flexibility index (Phi) is 11.6. The zero-order chi connectivity index (χ0) is 26.1. The number of hydrogen-bond donors (Lipinski definition) is 6. The first kappa shape index (κ1) is 29.5. The lowest BCUT2D eigenvalue weighted by Crippen LogP contribution is -2.57. The van der Waals surface area contributed by atoms with Crippen LogP contribution >= 0.6 is 0 Å². The molecule has 1 aromatic carbocycles. The zero-order valence-corrected chi connectivity index (χ0v) is 20.4. The van der Waals surface area contributed by atoms with Crippen LogP contribution in [0.15, 0.2) is 29.2 Å². The molecular weight excluding hydrogens is 466 g/mol. The summed E-state index contributed by atoms with van der Waals surface area (Å²) in [6.45, 7) is 5.40. The van der Waals surface area contributed by atoms with Gasteiger partial charge in [-0.1, -0.05) is 38.0 Å². The first-order chi connectivity index (χ1) is 15.8. The van der Waals surface area contributed by atoms with Crippen molar-refractivity contribution in [3.63, 3.8) is 0 Å². The van der Waals surface area contributed by atoms with Gasteiger partial charge in [0.05, 0.1) is 24.0 Å². The third-order valence-corrected chi connectivity index (χ3v) is 6.59. The van der Waals surface area contributed by atoms with Crippen LogP contribution in [0.25, 0.3) is 0 Å². The number of amides is 2. The lowest BCUT2D eigenvalue weighted by Gasteiger charge is -2.36. The molecule has 192 valence electrons. The molecule has 2 rings (SSSR count). The van der Waals surface area contributed by atoms with Gasteiger partial charge in [0.1, 0.15) is 6.04 Å². The highest BCUT2D eigenvalue weighted by molar-refractivity contribution is 7.85. The van der Waals surface area contributed by atoms with Gasteiger partial charge < -0.3 is 26.6 Å². The summed E-state index contributed by atoms with van der Waals surface area (Å²) in [4.78, 5) is 34.5. The van der Waals surface area contributed by atoms with E-state index in [-0.39, 0.29) is 10.9 Å². The SMILES string of the molecule is CC1CCCC(C)C1NC(=O)[C@@H](CO)NC(=O)[C@@H](N)CC(=O)O.Cc1ccc(S(=O)(=O)O)cc1. The molecule has 4 atom stereocenters. The van der Waals surface area contributed by atoms with Crippen molar-refractivity contribution in [2.24, 2.45) is 17.6 Å². The van der Waals surface area contributed by atoms with Gasteiger partial charge in [-0.15, -0.1) is 0 Å². The van der Waals surface area contributed by atoms with Crippen LogP contribution in [0.5, 0.6) is 0 Å². The summed E-state index contributed by atoms with van der Waals surface area (Å²) in [5.74, 6) is -1.80.